The molecule has 0 saturated carbocycles. The summed E-state index contributed by atoms with van der Waals surface area (Å²) < 4.78 is 63.7. The minimum atomic E-state index is -4.73. The number of carbonyl (C=O) groups is 2. The van der Waals surface area contributed by atoms with E-state index in [0.29, 0.717) is 27.0 Å². The number of anilines is 2. The number of fused-ring (bicyclic) bond motifs is 3. The number of carbonyl (C=O) groups excluding carboxylic acids is 2. The van der Waals surface area contributed by atoms with Gasteiger partial charge in [0, 0.05) is 29.2 Å². The molecule has 3 aromatic rings. The van der Waals surface area contributed by atoms with E-state index in [9.17, 15) is 27.2 Å². The third-order valence-corrected chi connectivity index (χ3v) is 8.85. The molecule has 0 radical (unpaired) electrons. The van der Waals surface area contributed by atoms with Gasteiger partial charge in [0.15, 0.2) is 5.82 Å². The number of rotatable bonds is 4. The zero-order valence-corrected chi connectivity index (χ0v) is 27.1. The fraction of sp³-hybridized carbons (Fsp3) is 0.500. The van der Waals surface area contributed by atoms with E-state index in [-0.39, 0.29) is 41.6 Å². The average molecular weight is 735 g/mol. The first-order chi connectivity index (χ1) is 19.9. The molecule has 0 spiro atoms. The second kappa shape index (κ2) is 11.2. The lowest BCUT2D eigenvalue weighted by Gasteiger charge is -2.25. The number of likely N-dealkylation sites (tertiary alicyclic amines) is 1. The molecule has 1 fully saturated rings. The topological polar surface area (TPSA) is 101 Å². The average Bonchev–Trinajstić information content (AvgIpc) is 3.55. The van der Waals surface area contributed by atoms with Crippen LogP contribution in [0.25, 0.3) is 10.7 Å². The van der Waals surface area contributed by atoms with Gasteiger partial charge in [0.25, 0.3) is 5.91 Å². The maximum atomic E-state index is 14.9. The summed E-state index contributed by atoms with van der Waals surface area (Å²) in [6, 6.07) is 4.18. The molecule has 2 aliphatic heterocycles. The first kappa shape index (κ1) is 31.5. The summed E-state index contributed by atoms with van der Waals surface area (Å²) in [5.74, 6) is -2.15. The zero-order chi connectivity index (χ0) is 31.5. The monoisotopic (exact) mass is 734 g/mol. The van der Waals surface area contributed by atoms with E-state index in [1.165, 1.54) is 17.0 Å². The van der Waals surface area contributed by atoms with Crippen LogP contribution in [0.1, 0.15) is 62.8 Å². The molecule has 0 aliphatic carbocycles. The Morgan fingerprint density at radius 3 is 2.56 bits per heavy atom. The minimum Gasteiger partial charge on any atom is -0.444 e. The number of nitrogens with zero attached hydrogens (tertiary/aromatic N) is 4. The Labute approximate surface area is 263 Å². The number of ether oxygens (including phenoxy) is 1. The largest absolute Gasteiger partial charge is 0.451 e. The zero-order valence-electron chi connectivity index (χ0n) is 24.2. The second-order valence-electron chi connectivity index (χ2n) is 12.5. The number of nitrogens with one attached hydrogen (secondary N) is 2. The minimum absolute atomic E-state index is 0.0000457. The quantitative estimate of drug-likeness (QED) is 0.225. The van der Waals surface area contributed by atoms with Gasteiger partial charge >= 0.3 is 12.3 Å². The van der Waals surface area contributed by atoms with Gasteiger partial charge in [-0.25, -0.2) is 9.18 Å². The molecule has 43 heavy (non-hydrogen) atoms. The van der Waals surface area contributed by atoms with Crippen molar-refractivity contribution in [1.29, 1.82) is 0 Å². The smallest absolute Gasteiger partial charge is 0.444 e. The van der Waals surface area contributed by atoms with Gasteiger partial charge in [-0.15, -0.1) is 21.5 Å². The van der Waals surface area contributed by atoms with Gasteiger partial charge in [0.05, 0.1) is 16.1 Å². The van der Waals surface area contributed by atoms with E-state index >= 15 is 0 Å². The van der Waals surface area contributed by atoms with Crippen LogP contribution < -0.4 is 10.6 Å². The van der Waals surface area contributed by atoms with Gasteiger partial charge in [-0.1, -0.05) is 13.8 Å². The van der Waals surface area contributed by atoms with Gasteiger partial charge in [0.1, 0.15) is 16.4 Å². The predicted molar refractivity (Wildman–Crippen MR) is 162 cm³/mol. The Balaban J connectivity index is 1.55. The van der Waals surface area contributed by atoms with Crippen molar-refractivity contribution in [3.05, 3.63) is 44.5 Å². The molecule has 15 heteroatoms. The van der Waals surface area contributed by atoms with E-state index < -0.39 is 46.9 Å². The maximum absolute atomic E-state index is 14.9. The van der Waals surface area contributed by atoms with Crippen molar-refractivity contribution in [1.82, 2.24) is 25.0 Å². The van der Waals surface area contributed by atoms with E-state index in [0.717, 1.165) is 15.9 Å². The van der Waals surface area contributed by atoms with Crippen LogP contribution >= 0.6 is 33.9 Å². The maximum Gasteiger partial charge on any atom is 0.451 e. The predicted octanol–water partition coefficient (Wildman–Crippen LogP) is 6.83. The number of alkyl halides is 3. The Kier molecular flexibility index (Phi) is 8.20. The summed E-state index contributed by atoms with van der Waals surface area (Å²) in [4.78, 5) is 28.4. The molecule has 1 atom stereocenters. The lowest BCUT2D eigenvalue weighted by molar-refractivity contribution is -0.147. The molecule has 1 unspecified atom stereocenters. The molecular weight excluding hydrogens is 703 g/mol. The number of aromatic nitrogens is 3. The highest BCUT2D eigenvalue weighted by molar-refractivity contribution is 14.1. The fourth-order valence-corrected chi connectivity index (χ4v) is 6.95. The van der Waals surface area contributed by atoms with Gasteiger partial charge < -0.3 is 24.8 Å². The van der Waals surface area contributed by atoms with Gasteiger partial charge in [-0.05, 0) is 85.4 Å². The summed E-state index contributed by atoms with van der Waals surface area (Å²) in [6.07, 6.45) is -4.46. The van der Waals surface area contributed by atoms with Crippen LogP contribution in [0.15, 0.2) is 18.2 Å². The molecule has 2 amide bonds. The standard InChI is InChI=1S/C28H31F4IN6O3S/c1-26(2,3)42-25(41)38-9-8-15(12-38)34-22(40)19-16-11-27(4,5)13-39-21(36-37-24(39)28(30,31)32)20(16)43-23(19)35-18-7-6-14(33)10-17(18)29/h6-7,10,15,35H,8-9,11-13H2,1-5H3,(H,34,40). The van der Waals surface area contributed by atoms with Crippen LogP contribution in [0.3, 0.4) is 0 Å². The summed E-state index contributed by atoms with van der Waals surface area (Å²) in [6.45, 7) is 9.54. The number of thiophene rings is 1. The van der Waals surface area contributed by atoms with Crippen molar-refractivity contribution in [2.24, 2.45) is 5.41 Å². The molecule has 1 aromatic carbocycles. The van der Waals surface area contributed by atoms with Crippen LogP contribution in [0.5, 0.6) is 0 Å². The van der Waals surface area contributed by atoms with E-state index in [1.54, 1.807) is 26.8 Å². The normalized spacial score (nSPS) is 18.1. The molecule has 232 valence electrons. The molecule has 0 bridgehead atoms. The van der Waals surface area contributed by atoms with Crippen LogP contribution in [0.4, 0.5) is 33.0 Å². The first-order valence-electron chi connectivity index (χ1n) is 13.6. The van der Waals surface area contributed by atoms with Crippen molar-refractivity contribution < 1.29 is 31.9 Å². The summed E-state index contributed by atoms with van der Waals surface area (Å²) >= 11 is 3.01. The molecule has 4 heterocycles. The summed E-state index contributed by atoms with van der Waals surface area (Å²) in [5.41, 5.74) is -0.573. The van der Waals surface area contributed by atoms with Crippen LogP contribution in [0.2, 0.25) is 0 Å². The van der Waals surface area contributed by atoms with Crippen molar-refractivity contribution in [3.63, 3.8) is 0 Å². The molecule has 1 saturated heterocycles. The molecular formula is C28H31F4IN6O3S. The van der Waals surface area contributed by atoms with Gasteiger partial charge in [0.2, 0.25) is 5.82 Å². The van der Waals surface area contributed by atoms with E-state index in [2.05, 4.69) is 20.8 Å². The van der Waals surface area contributed by atoms with Crippen molar-refractivity contribution in [2.45, 2.75) is 71.8 Å². The Bertz CT molecular complexity index is 1580. The van der Waals surface area contributed by atoms with Crippen molar-refractivity contribution in [3.8, 4) is 10.7 Å². The van der Waals surface area contributed by atoms with Crippen LogP contribution in [-0.4, -0.2) is 56.4 Å². The number of benzene rings is 1. The Morgan fingerprint density at radius 2 is 1.91 bits per heavy atom. The molecule has 9 nitrogen and oxygen atoms in total. The van der Waals surface area contributed by atoms with Crippen molar-refractivity contribution >= 4 is 56.6 Å². The van der Waals surface area contributed by atoms with Gasteiger partial charge in [-0.3, -0.25) is 4.79 Å². The van der Waals surface area contributed by atoms with Crippen LogP contribution in [-0.2, 0) is 23.9 Å². The SMILES string of the molecule is CC1(C)Cc2c(sc(Nc3ccc(I)cc3F)c2C(=O)NC2CCN(C(=O)OC(C)(C)C)C2)-c2nnc(C(F)(F)F)n2C1. The number of halogens is 5. The third kappa shape index (κ3) is 6.76. The second-order valence-corrected chi connectivity index (χ2v) is 14.8. The van der Waals surface area contributed by atoms with E-state index in [1.807, 2.05) is 36.4 Å². The molecule has 2 aliphatic rings. The number of hydrogen-bond donors (Lipinski definition) is 2. The van der Waals surface area contributed by atoms with Crippen LogP contribution in [0, 0.1) is 14.8 Å². The highest BCUT2D eigenvalue weighted by Gasteiger charge is 2.43. The lowest BCUT2D eigenvalue weighted by atomic mass is 9.85. The highest BCUT2D eigenvalue weighted by atomic mass is 127. The third-order valence-electron chi connectivity index (χ3n) is 7.04. The summed E-state index contributed by atoms with van der Waals surface area (Å²) in [7, 11) is 0. The fourth-order valence-electron chi connectivity index (χ4n) is 5.28. The molecule has 2 N–H and O–H groups in total. The Hall–Kier alpha value is -2.95. The van der Waals surface area contributed by atoms with Crippen molar-refractivity contribution in [2.75, 3.05) is 18.4 Å². The molecule has 2 aromatic heterocycles. The Morgan fingerprint density at radius 1 is 1.19 bits per heavy atom. The van der Waals surface area contributed by atoms with Gasteiger partial charge in [-0.2, -0.15) is 13.2 Å². The number of hydrogen-bond acceptors (Lipinski definition) is 7. The lowest BCUT2D eigenvalue weighted by Crippen LogP contribution is -2.40. The first-order valence-corrected chi connectivity index (χ1v) is 15.5. The number of amides is 2. The molecule has 5 rings (SSSR count). The summed E-state index contributed by atoms with van der Waals surface area (Å²) in [5, 5.41) is 13.7. The highest BCUT2D eigenvalue weighted by Crippen LogP contribution is 2.47. The van der Waals surface area contributed by atoms with E-state index in [4.69, 9.17) is 4.74 Å².